The third-order valence-corrected chi connectivity index (χ3v) is 4.70. The zero-order chi connectivity index (χ0) is 21.5. The van der Waals surface area contributed by atoms with Gasteiger partial charge in [0.15, 0.2) is 0 Å². The average Bonchev–Trinajstić information content (AvgIpc) is 3.46. The number of nitrogens with zero attached hydrogens (tertiary/aromatic N) is 4. The van der Waals surface area contributed by atoms with Crippen LogP contribution in [0.4, 0.5) is 5.69 Å². The number of hydrogen-bond donors (Lipinski definition) is 2. The lowest BCUT2D eigenvalue weighted by Gasteiger charge is -2.19. The van der Waals surface area contributed by atoms with Gasteiger partial charge in [0.05, 0.1) is 24.5 Å². The minimum Gasteiger partial charge on any atom is -0.346 e. The summed E-state index contributed by atoms with van der Waals surface area (Å²) in [6, 6.07) is 20.3. The van der Waals surface area contributed by atoms with Gasteiger partial charge >= 0.3 is 0 Å². The molecule has 156 valence electrons. The Morgan fingerprint density at radius 2 is 1.65 bits per heavy atom. The minimum absolute atomic E-state index is 0.0314. The highest BCUT2D eigenvalue weighted by atomic mass is 16.2. The van der Waals surface area contributed by atoms with Gasteiger partial charge in [0.2, 0.25) is 5.91 Å². The minimum atomic E-state index is -0.235. The quantitative estimate of drug-likeness (QED) is 0.464. The molecule has 0 radical (unpaired) electrons. The summed E-state index contributed by atoms with van der Waals surface area (Å²) in [6.07, 6.45) is 6.72. The molecule has 1 atom stereocenters. The molecule has 2 heterocycles. The summed E-state index contributed by atoms with van der Waals surface area (Å²) in [5.74, 6) is -0.419. The number of anilines is 1. The van der Waals surface area contributed by atoms with E-state index in [2.05, 4.69) is 20.8 Å². The highest BCUT2D eigenvalue weighted by Gasteiger charge is 2.16. The molecule has 0 aliphatic heterocycles. The van der Waals surface area contributed by atoms with Gasteiger partial charge < -0.3 is 10.6 Å². The lowest BCUT2D eigenvalue weighted by Crippen LogP contribution is -2.34. The smallest absolute Gasteiger partial charge is 0.255 e. The van der Waals surface area contributed by atoms with Crippen LogP contribution in [0, 0.1) is 0 Å². The number of nitrogens with one attached hydrogen (secondary N) is 2. The molecule has 0 aliphatic rings. The van der Waals surface area contributed by atoms with E-state index in [1.807, 2.05) is 48.7 Å². The fourth-order valence-electron chi connectivity index (χ4n) is 3.21. The third kappa shape index (κ3) is 5.45. The Balaban J connectivity index is 1.38. The normalized spacial score (nSPS) is 11.6. The van der Waals surface area contributed by atoms with E-state index in [1.54, 1.807) is 41.3 Å². The molecular formula is C23H22N6O2. The number of hydrogen-bond acceptors (Lipinski definition) is 4. The number of amides is 2. The van der Waals surface area contributed by atoms with Crippen LogP contribution in [0.3, 0.4) is 0 Å². The van der Waals surface area contributed by atoms with Gasteiger partial charge in [0, 0.05) is 24.2 Å². The van der Waals surface area contributed by atoms with Crippen molar-refractivity contribution in [2.24, 2.45) is 0 Å². The van der Waals surface area contributed by atoms with Gasteiger partial charge in [-0.05, 0) is 23.8 Å². The molecule has 4 rings (SSSR count). The second-order valence-corrected chi connectivity index (χ2v) is 7.01. The van der Waals surface area contributed by atoms with Crippen molar-refractivity contribution >= 4 is 17.5 Å². The summed E-state index contributed by atoms with van der Waals surface area (Å²) in [5.41, 5.74) is 2.07. The molecule has 0 saturated heterocycles. The van der Waals surface area contributed by atoms with E-state index in [9.17, 15) is 9.59 Å². The Labute approximate surface area is 179 Å². The van der Waals surface area contributed by atoms with Gasteiger partial charge in [-0.2, -0.15) is 10.2 Å². The molecule has 0 spiro atoms. The summed E-state index contributed by atoms with van der Waals surface area (Å²) in [7, 11) is 0. The topological polar surface area (TPSA) is 93.8 Å². The molecule has 0 bridgehead atoms. The SMILES string of the molecule is O=C(Cn1cc(NC(=O)c2ccccc2)cn1)N[C@H](Cn1cccn1)c1ccccc1. The van der Waals surface area contributed by atoms with Gasteiger partial charge in [-0.25, -0.2) is 0 Å². The molecule has 0 unspecified atom stereocenters. The zero-order valence-electron chi connectivity index (χ0n) is 16.8. The van der Waals surface area contributed by atoms with Crippen LogP contribution in [0.15, 0.2) is 91.5 Å². The van der Waals surface area contributed by atoms with E-state index >= 15 is 0 Å². The Morgan fingerprint density at radius 3 is 2.35 bits per heavy atom. The highest BCUT2D eigenvalue weighted by Crippen LogP contribution is 2.15. The summed E-state index contributed by atoms with van der Waals surface area (Å²) >= 11 is 0. The molecule has 4 aromatic rings. The number of aromatic nitrogens is 4. The zero-order valence-corrected chi connectivity index (χ0v) is 16.8. The van der Waals surface area contributed by atoms with Crippen molar-refractivity contribution in [3.63, 3.8) is 0 Å². The first-order valence-electron chi connectivity index (χ1n) is 9.88. The predicted octanol–water partition coefficient (Wildman–Crippen LogP) is 2.89. The lowest BCUT2D eigenvalue weighted by atomic mass is 10.1. The Morgan fingerprint density at radius 1 is 0.903 bits per heavy atom. The third-order valence-electron chi connectivity index (χ3n) is 4.70. The van der Waals surface area contributed by atoms with E-state index < -0.39 is 0 Å². The molecule has 0 saturated carbocycles. The van der Waals surface area contributed by atoms with E-state index in [0.717, 1.165) is 5.56 Å². The van der Waals surface area contributed by atoms with Crippen molar-refractivity contribution in [2.45, 2.75) is 19.1 Å². The van der Waals surface area contributed by atoms with E-state index in [1.165, 1.54) is 10.9 Å². The van der Waals surface area contributed by atoms with E-state index in [4.69, 9.17) is 0 Å². The van der Waals surface area contributed by atoms with Gasteiger partial charge in [-0.1, -0.05) is 48.5 Å². The predicted molar refractivity (Wildman–Crippen MR) is 116 cm³/mol. The Bertz CT molecular complexity index is 1120. The van der Waals surface area contributed by atoms with Gasteiger partial charge in [0.25, 0.3) is 5.91 Å². The number of carbonyl (C=O) groups is 2. The summed E-state index contributed by atoms with van der Waals surface area (Å²) in [6.45, 7) is 0.546. The Kier molecular flexibility index (Phi) is 6.18. The van der Waals surface area contributed by atoms with Gasteiger partial charge in [-0.15, -0.1) is 0 Å². The molecule has 8 heteroatoms. The lowest BCUT2D eigenvalue weighted by molar-refractivity contribution is -0.122. The van der Waals surface area contributed by atoms with Crippen molar-refractivity contribution in [3.05, 3.63) is 103 Å². The van der Waals surface area contributed by atoms with Crippen LogP contribution in [0.1, 0.15) is 22.0 Å². The summed E-state index contributed by atoms with van der Waals surface area (Å²) in [5, 5.41) is 14.2. The first kappa shape index (κ1) is 20.1. The maximum absolute atomic E-state index is 12.7. The largest absolute Gasteiger partial charge is 0.346 e. The molecular weight excluding hydrogens is 392 g/mol. The maximum atomic E-state index is 12.7. The van der Waals surface area contributed by atoms with Crippen molar-refractivity contribution in [3.8, 4) is 0 Å². The molecule has 2 N–H and O–H groups in total. The number of carbonyl (C=O) groups excluding carboxylic acids is 2. The van der Waals surface area contributed by atoms with Crippen molar-refractivity contribution in [1.29, 1.82) is 0 Å². The van der Waals surface area contributed by atoms with Crippen LogP contribution in [-0.4, -0.2) is 31.4 Å². The average molecular weight is 414 g/mol. The van der Waals surface area contributed by atoms with Gasteiger partial charge in [-0.3, -0.25) is 19.0 Å². The first-order chi connectivity index (χ1) is 15.2. The summed E-state index contributed by atoms with van der Waals surface area (Å²) in [4.78, 5) is 25.0. The van der Waals surface area contributed by atoms with Crippen LogP contribution >= 0.6 is 0 Å². The van der Waals surface area contributed by atoms with Crippen LogP contribution in [-0.2, 0) is 17.9 Å². The molecule has 0 aliphatic carbocycles. The van der Waals surface area contributed by atoms with Crippen molar-refractivity contribution < 1.29 is 9.59 Å². The fourth-order valence-corrected chi connectivity index (χ4v) is 3.21. The molecule has 8 nitrogen and oxygen atoms in total. The van der Waals surface area contributed by atoms with Crippen LogP contribution in [0.25, 0.3) is 0 Å². The molecule has 31 heavy (non-hydrogen) atoms. The monoisotopic (exact) mass is 414 g/mol. The number of rotatable bonds is 8. The molecule has 2 amide bonds. The standard InChI is InChI=1S/C23H22N6O2/c30-22(27-21(16-28-13-7-12-24-28)18-8-3-1-4-9-18)17-29-15-20(14-25-29)26-23(31)19-10-5-2-6-11-19/h1-15,21H,16-17H2,(H,26,31)(H,27,30)/t21-/m1/s1. The van der Waals surface area contributed by atoms with E-state index in [-0.39, 0.29) is 24.4 Å². The van der Waals surface area contributed by atoms with E-state index in [0.29, 0.717) is 17.8 Å². The second-order valence-electron chi connectivity index (χ2n) is 7.01. The highest BCUT2D eigenvalue weighted by molar-refractivity contribution is 6.04. The molecule has 2 aromatic carbocycles. The maximum Gasteiger partial charge on any atom is 0.255 e. The van der Waals surface area contributed by atoms with Crippen LogP contribution in [0.2, 0.25) is 0 Å². The second kappa shape index (κ2) is 9.53. The van der Waals surface area contributed by atoms with Crippen LogP contribution < -0.4 is 10.6 Å². The van der Waals surface area contributed by atoms with Gasteiger partial charge in [0.1, 0.15) is 6.54 Å². The van der Waals surface area contributed by atoms with Crippen molar-refractivity contribution in [2.75, 3.05) is 5.32 Å². The first-order valence-corrected chi connectivity index (χ1v) is 9.88. The molecule has 0 fully saturated rings. The Hall–Kier alpha value is -4.20. The van der Waals surface area contributed by atoms with Crippen molar-refractivity contribution in [1.82, 2.24) is 24.9 Å². The summed E-state index contributed by atoms with van der Waals surface area (Å²) < 4.78 is 3.27. The number of benzene rings is 2. The van der Waals surface area contributed by atoms with Crippen LogP contribution in [0.5, 0.6) is 0 Å². The fraction of sp³-hybridized carbons (Fsp3) is 0.130. The molecule has 2 aromatic heterocycles.